The third kappa shape index (κ3) is 4.09. The van der Waals surface area contributed by atoms with Gasteiger partial charge in [0.05, 0.1) is 0 Å². The molecule has 3 rings (SSSR count). The molecule has 0 saturated carbocycles. The Morgan fingerprint density at radius 3 is 2.83 bits per heavy atom. The Bertz CT molecular complexity index is 550. The summed E-state index contributed by atoms with van der Waals surface area (Å²) in [7, 11) is 0. The van der Waals surface area contributed by atoms with Crippen molar-refractivity contribution in [3.8, 4) is 11.5 Å². The number of hydrogen-bond donors (Lipinski definition) is 2. The van der Waals surface area contributed by atoms with Crippen LogP contribution in [0.15, 0.2) is 24.3 Å². The monoisotopic (exact) mass is 340 g/mol. The second-order valence-electron chi connectivity index (χ2n) is 6.71. The number of para-hydroxylation sites is 2. The van der Waals surface area contributed by atoms with Crippen molar-refractivity contribution >= 4 is 18.3 Å². The average molecular weight is 341 g/mol. The van der Waals surface area contributed by atoms with Gasteiger partial charge in [-0.1, -0.05) is 26.0 Å². The van der Waals surface area contributed by atoms with Gasteiger partial charge in [-0.25, -0.2) is 0 Å². The van der Waals surface area contributed by atoms with Crippen molar-refractivity contribution in [2.24, 2.45) is 5.41 Å². The lowest BCUT2D eigenvalue weighted by Gasteiger charge is -2.39. The molecule has 128 valence electrons. The van der Waals surface area contributed by atoms with Crippen molar-refractivity contribution in [3.05, 3.63) is 24.3 Å². The van der Waals surface area contributed by atoms with Crippen molar-refractivity contribution in [1.82, 2.24) is 10.6 Å². The van der Waals surface area contributed by atoms with Gasteiger partial charge in [0.1, 0.15) is 6.61 Å². The van der Waals surface area contributed by atoms with Crippen molar-refractivity contribution in [1.29, 1.82) is 0 Å². The molecule has 0 aliphatic carbocycles. The molecule has 2 heterocycles. The second-order valence-corrected chi connectivity index (χ2v) is 6.71. The SMILES string of the molecule is CC1(C)CCCNC1CNC(=O)C1COc2ccccc2O1.Cl. The fourth-order valence-corrected chi connectivity index (χ4v) is 3.08. The normalized spacial score (nSPS) is 25.1. The van der Waals surface area contributed by atoms with E-state index >= 15 is 0 Å². The van der Waals surface area contributed by atoms with Crippen LogP contribution in [0.2, 0.25) is 0 Å². The quantitative estimate of drug-likeness (QED) is 0.885. The molecular formula is C17H25ClN2O3. The minimum atomic E-state index is -0.582. The first-order valence-corrected chi connectivity index (χ1v) is 7.96. The Balaban J connectivity index is 0.00000192. The maximum Gasteiger partial charge on any atom is 0.264 e. The summed E-state index contributed by atoms with van der Waals surface area (Å²) in [6.45, 7) is 6.37. The van der Waals surface area contributed by atoms with E-state index < -0.39 is 6.10 Å². The highest BCUT2D eigenvalue weighted by Crippen LogP contribution is 2.31. The molecule has 0 bridgehead atoms. The number of carbonyl (C=O) groups excluding carboxylic acids is 1. The van der Waals surface area contributed by atoms with Crippen LogP contribution in [0.1, 0.15) is 26.7 Å². The zero-order chi connectivity index (χ0) is 15.6. The molecule has 0 aromatic heterocycles. The van der Waals surface area contributed by atoms with Gasteiger partial charge < -0.3 is 20.1 Å². The molecule has 2 N–H and O–H groups in total. The number of halogens is 1. The third-order valence-corrected chi connectivity index (χ3v) is 4.61. The molecule has 0 radical (unpaired) electrons. The molecule has 1 aromatic rings. The Labute approximate surface area is 143 Å². The van der Waals surface area contributed by atoms with Crippen LogP contribution >= 0.6 is 12.4 Å². The predicted octanol–water partition coefficient (Wildman–Crippen LogP) is 2.14. The van der Waals surface area contributed by atoms with E-state index in [0.717, 1.165) is 6.54 Å². The van der Waals surface area contributed by atoms with Gasteiger partial charge in [0.25, 0.3) is 5.91 Å². The van der Waals surface area contributed by atoms with Crippen LogP contribution in [0.5, 0.6) is 11.5 Å². The van der Waals surface area contributed by atoms with E-state index in [1.54, 1.807) is 0 Å². The Hall–Kier alpha value is -1.46. The fraction of sp³-hybridized carbons (Fsp3) is 0.588. The molecule has 1 aromatic carbocycles. The van der Waals surface area contributed by atoms with E-state index in [2.05, 4.69) is 24.5 Å². The van der Waals surface area contributed by atoms with Crippen LogP contribution in [0, 0.1) is 5.41 Å². The summed E-state index contributed by atoms with van der Waals surface area (Å²) in [5.74, 6) is 1.21. The minimum Gasteiger partial charge on any atom is -0.485 e. The van der Waals surface area contributed by atoms with Crippen LogP contribution < -0.4 is 20.1 Å². The van der Waals surface area contributed by atoms with Crippen LogP contribution in [0.25, 0.3) is 0 Å². The minimum absolute atomic E-state index is 0. The number of benzene rings is 1. The van der Waals surface area contributed by atoms with Crippen LogP contribution in [0.3, 0.4) is 0 Å². The fourth-order valence-electron chi connectivity index (χ4n) is 3.08. The first-order valence-electron chi connectivity index (χ1n) is 7.96. The summed E-state index contributed by atoms with van der Waals surface area (Å²) in [5.41, 5.74) is 0.196. The molecule has 2 unspecified atom stereocenters. The number of fused-ring (bicyclic) bond motifs is 1. The highest BCUT2D eigenvalue weighted by Gasteiger charge is 2.33. The average Bonchev–Trinajstić information content (AvgIpc) is 2.52. The van der Waals surface area contributed by atoms with Gasteiger partial charge in [0.15, 0.2) is 11.5 Å². The standard InChI is InChI=1S/C17H24N2O3.ClH/c1-17(2)8-5-9-18-15(17)10-19-16(20)14-11-21-12-6-3-4-7-13(12)22-14;/h3-4,6-7,14-15,18H,5,8-11H2,1-2H3,(H,19,20);1H. The van der Waals surface area contributed by atoms with E-state index in [1.807, 2.05) is 24.3 Å². The molecule has 2 atom stereocenters. The lowest BCUT2D eigenvalue weighted by Crippen LogP contribution is -2.55. The molecular weight excluding hydrogens is 316 g/mol. The molecule has 1 amide bonds. The van der Waals surface area contributed by atoms with Crippen LogP contribution in [-0.2, 0) is 4.79 Å². The number of ether oxygens (including phenoxy) is 2. The highest BCUT2D eigenvalue weighted by atomic mass is 35.5. The summed E-state index contributed by atoms with van der Waals surface area (Å²) in [4.78, 5) is 12.3. The van der Waals surface area contributed by atoms with E-state index in [1.165, 1.54) is 12.8 Å². The van der Waals surface area contributed by atoms with Crippen molar-refractivity contribution in [2.45, 2.75) is 38.8 Å². The zero-order valence-electron chi connectivity index (χ0n) is 13.6. The second kappa shape index (κ2) is 7.41. The van der Waals surface area contributed by atoms with E-state index in [-0.39, 0.29) is 30.3 Å². The number of amides is 1. The number of hydrogen-bond acceptors (Lipinski definition) is 4. The van der Waals surface area contributed by atoms with Gasteiger partial charge in [0, 0.05) is 12.6 Å². The molecule has 1 saturated heterocycles. The number of carbonyl (C=O) groups is 1. The van der Waals surface area contributed by atoms with Crippen molar-refractivity contribution in [2.75, 3.05) is 19.7 Å². The first kappa shape index (κ1) is 17.9. The van der Waals surface area contributed by atoms with Crippen molar-refractivity contribution in [3.63, 3.8) is 0 Å². The Kier molecular flexibility index (Phi) is 5.76. The summed E-state index contributed by atoms with van der Waals surface area (Å²) in [6, 6.07) is 7.72. The first-order chi connectivity index (χ1) is 10.6. The van der Waals surface area contributed by atoms with Crippen LogP contribution in [0.4, 0.5) is 0 Å². The lowest BCUT2D eigenvalue weighted by molar-refractivity contribution is -0.130. The van der Waals surface area contributed by atoms with E-state index in [9.17, 15) is 4.79 Å². The maximum absolute atomic E-state index is 12.3. The highest BCUT2D eigenvalue weighted by molar-refractivity contribution is 5.85. The molecule has 2 aliphatic rings. The smallest absolute Gasteiger partial charge is 0.264 e. The van der Waals surface area contributed by atoms with Gasteiger partial charge in [-0.2, -0.15) is 0 Å². The summed E-state index contributed by atoms with van der Waals surface area (Å²) >= 11 is 0. The molecule has 0 spiro atoms. The third-order valence-electron chi connectivity index (χ3n) is 4.61. The van der Waals surface area contributed by atoms with Gasteiger partial charge in [0.2, 0.25) is 6.10 Å². The van der Waals surface area contributed by atoms with Gasteiger partial charge >= 0.3 is 0 Å². The predicted molar refractivity (Wildman–Crippen MR) is 91.4 cm³/mol. The Morgan fingerprint density at radius 1 is 1.35 bits per heavy atom. The summed E-state index contributed by atoms with van der Waals surface area (Å²) in [5, 5.41) is 6.50. The maximum atomic E-state index is 12.3. The summed E-state index contributed by atoms with van der Waals surface area (Å²) < 4.78 is 11.3. The topological polar surface area (TPSA) is 59.6 Å². The lowest BCUT2D eigenvalue weighted by atomic mass is 9.77. The largest absolute Gasteiger partial charge is 0.485 e. The van der Waals surface area contributed by atoms with E-state index in [0.29, 0.717) is 24.1 Å². The molecule has 5 nitrogen and oxygen atoms in total. The number of piperidine rings is 1. The van der Waals surface area contributed by atoms with Gasteiger partial charge in [-0.15, -0.1) is 12.4 Å². The van der Waals surface area contributed by atoms with Crippen LogP contribution in [-0.4, -0.2) is 37.7 Å². The molecule has 23 heavy (non-hydrogen) atoms. The number of rotatable bonds is 3. The molecule has 1 fully saturated rings. The van der Waals surface area contributed by atoms with Gasteiger partial charge in [-0.3, -0.25) is 4.79 Å². The van der Waals surface area contributed by atoms with E-state index in [4.69, 9.17) is 9.47 Å². The summed E-state index contributed by atoms with van der Waals surface area (Å²) in [6.07, 6.45) is 1.78. The van der Waals surface area contributed by atoms with Crippen molar-refractivity contribution < 1.29 is 14.3 Å². The number of nitrogens with one attached hydrogen (secondary N) is 2. The molecule has 2 aliphatic heterocycles. The van der Waals surface area contributed by atoms with Gasteiger partial charge in [-0.05, 0) is 36.9 Å². The Morgan fingerprint density at radius 2 is 2.09 bits per heavy atom. The zero-order valence-corrected chi connectivity index (χ0v) is 14.4. The molecule has 6 heteroatoms.